The van der Waals surface area contributed by atoms with E-state index in [1.54, 1.807) is 0 Å². The summed E-state index contributed by atoms with van der Waals surface area (Å²) in [4.78, 5) is 11.9. The molecule has 1 heterocycles. The number of hydrogen-bond acceptors (Lipinski definition) is 4. The second-order valence-corrected chi connectivity index (χ2v) is 5.97. The lowest BCUT2D eigenvalue weighted by Gasteiger charge is -2.31. The summed E-state index contributed by atoms with van der Waals surface area (Å²) in [7, 11) is 0. The number of nitrogens with one attached hydrogen (secondary N) is 2. The Labute approximate surface area is 105 Å². The van der Waals surface area contributed by atoms with Gasteiger partial charge in [-0.3, -0.25) is 4.79 Å². The summed E-state index contributed by atoms with van der Waals surface area (Å²) in [5.41, 5.74) is 0. The number of carbonyl (C=O) groups is 1. The zero-order chi connectivity index (χ0) is 12.1. The third-order valence-corrected chi connectivity index (χ3v) is 5.29. The van der Waals surface area contributed by atoms with Crippen molar-refractivity contribution in [1.29, 1.82) is 0 Å². The van der Waals surface area contributed by atoms with Gasteiger partial charge in [-0.1, -0.05) is 6.42 Å². The third kappa shape index (κ3) is 1.41. The van der Waals surface area contributed by atoms with Gasteiger partial charge in [0.1, 0.15) is 0 Å². The van der Waals surface area contributed by atoms with Crippen molar-refractivity contribution in [2.45, 2.75) is 38.1 Å². The lowest BCUT2D eigenvalue weighted by molar-refractivity contribution is 0.0890. The van der Waals surface area contributed by atoms with Gasteiger partial charge in [-0.2, -0.15) is 5.21 Å². The molecule has 0 aromatic carbocycles. The van der Waals surface area contributed by atoms with E-state index in [1.165, 1.54) is 25.7 Å². The van der Waals surface area contributed by atoms with Gasteiger partial charge in [0.05, 0.1) is 0 Å². The molecular weight excluding hydrogens is 230 g/mol. The van der Waals surface area contributed by atoms with E-state index in [9.17, 15) is 4.79 Å². The van der Waals surface area contributed by atoms with Crippen LogP contribution >= 0.6 is 0 Å². The van der Waals surface area contributed by atoms with Gasteiger partial charge in [-0.15, -0.1) is 10.2 Å². The molecule has 1 aromatic rings. The first-order chi connectivity index (χ1) is 8.83. The number of tetrazole rings is 1. The standard InChI is InChI=1S/C12H17N5O/c18-12(11-14-16-17-15-11)13-10-5-6-4-9(10)8-3-1-2-7(6)8/h6-10H,1-5H2,(H,13,18)(H,14,15,16,17). The van der Waals surface area contributed by atoms with Crippen molar-refractivity contribution in [3.8, 4) is 0 Å². The number of H-pyrrole nitrogens is 1. The van der Waals surface area contributed by atoms with Crippen LogP contribution in [-0.2, 0) is 0 Å². The monoisotopic (exact) mass is 247 g/mol. The molecule has 6 heteroatoms. The fraction of sp³-hybridized carbons (Fsp3) is 0.833. The van der Waals surface area contributed by atoms with E-state index in [2.05, 4.69) is 25.9 Å². The molecule has 3 saturated carbocycles. The normalized spacial score (nSPS) is 41.0. The molecule has 1 amide bonds. The van der Waals surface area contributed by atoms with Crippen LogP contribution in [0.15, 0.2) is 0 Å². The Morgan fingerprint density at radius 3 is 2.94 bits per heavy atom. The van der Waals surface area contributed by atoms with Crippen LogP contribution in [0.2, 0.25) is 0 Å². The second kappa shape index (κ2) is 3.76. The van der Waals surface area contributed by atoms with Crippen LogP contribution in [0.3, 0.4) is 0 Å². The average Bonchev–Trinajstić information content (AvgIpc) is 3.11. The van der Waals surface area contributed by atoms with Gasteiger partial charge in [0.15, 0.2) is 0 Å². The molecule has 3 fully saturated rings. The Balaban J connectivity index is 1.47. The van der Waals surface area contributed by atoms with Gasteiger partial charge < -0.3 is 5.32 Å². The maximum Gasteiger partial charge on any atom is 0.293 e. The summed E-state index contributed by atoms with van der Waals surface area (Å²) >= 11 is 0. The quantitative estimate of drug-likeness (QED) is 0.808. The molecule has 5 unspecified atom stereocenters. The number of hydrogen-bond donors (Lipinski definition) is 2. The van der Waals surface area contributed by atoms with E-state index in [0.717, 1.165) is 24.2 Å². The van der Waals surface area contributed by atoms with Crippen molar-refractivity contribution in [1.82, 2.24) is 25.9 Å². The highest BCUT2D eigenvalue weighted by atomic mass is 16.2. The van der Waals surface area contributed by atoms with Crippen molar-refractivity contribution < 1.29 is 4.79 Å². The number of aromatic nitrogens is 4. The summed E-state index contributed by atoms with van der Waals surface area (Å²) in [5, 5.41) is 16.3. The minimum atomic E-state index is -0.184. The first-order valence-electron chi connectivity index (χ1n) is 6.87. The van der Waals surface area contributed by atoms with E-state index in [-0.39, 0.29) is 11.7 Å². The minimum Gasteiger partial charge on any atom is -0.346 e. The van der Waals surface area contributed by atoms with E-state index < -0.39 is 0 Å². The summed E-state index contributed by atoms with van der Waals surface area (Å²) in [6.07, 6.45) is 6.62. The molecular formula is C12H17N5O. The Bertz CT molecular complexity index is 459. The SMILES string of the molecule is O=C(NC1CC2CC1C1CCCC21)c1nn[nH]n1. The first kappa shape index (κ1) is 10.5. The Morgan fingerprint density at radius 2 is 2.11 bits per heavy atom. The zero-order valence-corrected chi connectivity index (χ0v) is 10.2. The zero-order valence-electron chi connectivity index (χ0n) is 10.2. The molecule has 3 aliphatic carbocycles. The lowest BCUT2D eigenvalue weighted by atomic mass is 9.79. The fourth-order valence-electron chi connectivity index (χ4n) is 4.72. The molecule has 0 spiro atoms. The Hall–Kier alpha value is -1.46. The number of nitrogens with zero attached hydrogens (tertiary/aromatic N) is 3. The number of fused-ring (bicyclic) bond motifs is 5. The summed E-state index contributed by atoms with van der Waals surface area (Å²) in [6.45, 7) is 0. The molecule has 1 aromatic heterocycles. The van der Waals surface area contributed by atoms with Crippen LogP contribution in [0.1, 0.15) is 42.7 Å². The van der Waals surface area contributed by atoms with Crippen molar-refractivity contribution in [3.05, 3.63) is 5.82 Å². The van der Waals surface area contributed by atoms with Crippen LogP contribution in [0, 0.1) is 23.7 Å². The molecule has 96 valence electrons. The first-order valence-corrected chi connectivity index (χ1v) is 6.87. The van der Waals surface area contributed by atoms with Gasteiger partial charge in [-0.25, -0.2) is 0 Å². The largest absolute Gasteiger partial charge is 0.346 e. The summed E-state index contributed by atoms with van der Waals surface area (Å²) in [5.74, 6) is 3.32. The van der Waals surface area contributed by atoms with Gasteiger partial charge in [0, 0.05) is 6.04 Å². The van der Waals surface area contributed by atoms with Crippen LogP contribution in [-0.4, -0.2) is 32.6 Å². The van der Waals surface area contributed by atoms with E-state index in [4.69, 9.17) is 0 Å². The van der Waals surface area contributed by atoms with Crippen molar-refractivity contribution >= 4 is 5.91 Å². The van der Waals surface area contributed by atoms with Gasteiger partial charge in [0.25, 0.3) is 11.7 Å². The molecule has 2 bridgehead atoms. The summed E-state index contributed by atoms with van der Waals surface area (Å²) in [6, 6.07) is 0.334. The van der Waals surface area contributed by atoms with Crippen molar-refractivity contribution in [2.75, 3.05) is 0 Å². The Morgan fingerprint density at radius 1 is 1.22 bits per heavy atom. The summed E-state index contributed by atoms with van der Waals surface area (Å²) < 4.78 is 0. The Kier molecular flexibility index (Phi) is 2.19. The fourth-order valence-corrected chi connectivity index (χ4v) is 4.72. The number of carbonyl (C=O) groups excluding carboxylic acids is 1. The van der Waals surface area contributed by atoms with E-state index in [0.29, 0.717) is 12.0 Å². The number of rotatable bonds is 2. The number of amides is 1. The average molecular weight is 247 g/mol. The molecule has 4 rings (SSSR count). The lowest BCUT2D eigenvalue weighted by Crippen LogP contribution is -2.42. The predicted molar refractivity (Wildman–Crippen MR) is 62.5 cm³/mol. The van der Waals surface area contributed by atoms with Crippen LogP contribution in [0.5, 0.6) is 0 Å². The second-order valence-electron chi connectivity index (χ2n) is 5.97. The van der Waals surface area contributed by atoms with Crippen LogP contribution < -0.4 is 5.32 Å². The molecule has 0 aliphatic heterocycles. The molecule has 0 saturated heterocycles. The van der Waals surface area contributed by atoms with Crippen LogP contribution in [0.25, 0.3) is 0 Å². The minimum absolute atomic E-state index is 0.153. The number of aromatic amines is 1. The maximum absolute atomic E-state index is 11.9. The molecule has 6 nitrogen and oxygen atoms in total. The topological polar surface area (TPSA) is 83.6 Å². The smallest absolute Gasteiger partial charge is 0.293 e. The molecule has 5 atom stereocenters. The van der Waals surface area contributed by atoms with Gasteiger partial charge >= 0.3 is 0 Å². The van der Waals surface area contributed by atoms with E-state index >= 15 is 0 Å². The predicted octanol–water partition coefficient (Wildman–Crippen LogP) is 0.754. The highest BCUT2D eigenvalue weighted by Crippen LogP contribution is 2.58. The van der Waals surface area contributed by atoms with E-state index in [1.807, 2.05) is 0 Å². The van der Waals surface area contributed by atoms with Gasteiger partial charge in [0.2, 0.25) is 0 Å². The molecule has 18 heavy (non-hydrogen) atoms. The highest BCUT2D eigenvalue weighted by molar-refractivity contribution is 5.90. The third-order valence-electron chi connectivity index (χ3n) is 5.29. The molecule has 2 N–H and O–H groups in total. The molecule has 3 aliphatic rings. The maximum atomic E-state index is 11.9. The molecule has 0 radical (unpaired) electrons. The van der Waals surface area contributed by atoms with Crippen molar-refractivity contribution in [2.24, 2.45) is 23.7 Å². The highest BCUT2D eigenvalue weighted by Gasteiger charge is 2.54. The van der Waals surface area contributed by atoms with Gasteiger partial charge in [-0.05, 0) is 54.6 Å². The van der Waals surface area contributed by atoms with Crippen molar-refractivity contribution in [3.63, 3.8) is 0 Å². The van der Waals surface area contributed by atoms with Crippen LogP contribution in [0.4, 0.5) is 0 Å².